The van der Waals surface area contributed by atoms with Crippen molar-refractivity contribution in [3.05, 3.63) is 11.6 Å². The fraction of sp³-hybridized carbons (Fsp3) is 0.857. The average molecular weight is 320 g/mol. The highest BCUT2D eigenvalue weighted by Crippen LogP contribution is 2.52. The molecule has 23 heavy (non-hydrogen) atoms. The van der Waals surface area contributed by atoms with Crippen LogP contribution in [0.4, 0.5) is 0 Å². The van der Waals surface area contributed by atoms with Crippen molar-refractivity contribution in [1.82, 2.24) is 5.32 Å². The lowest BCUT2D eigenvalue weighted by Gasteiger charge is -2.51. The highest BCUT2D eigenvalue weighted by Gasteiger charge is 2.51. The molecule has 2 aliphatic carbocycles. The van der Waals surface area contributed by atoms with Gasteiger partial charge in [-0.1, -0.05) is 52.7 Å². The normalized spacial score (nSPS) is 36.3. The summed E-state index contributed by atoms with van der Waals surface area (Å²) >= 11 is 0. The van der Waals surface area contributed by atoms with Crippen molar-refractivity contribution in [3.8, 4) is 0 Å². The molecule has 1 N–H and O–H groups in total. The second-order valence-corrected chi connectivity index (χ2v) is 9.40. The summed E-state index contributed by atoms with van der Waals surface area (Å²) in [6, 6.07) is 0.379. The average Bonchev–Trinajstić information content (AvgIpc) is 2.42. The summed E-state index contributed by atoms with van der Waals surface area (Å²) < 4.78 is 0. The van der Waals surface area contributed by atoms with Crippen LogP contribution in [0.1, 0.15) is 74.1 Å². The molecule has 0 saturated heterocycles. The maximum Gasteiger partial charge on any atom is 0.223 e. The van der Waals surface area contributed by atoms with Crippen LogP contribution in [0, 0.1) is 35.0 Å². The van der Waals surface area contributed by atoms with Crippen LogP contribution in [0.2, 0.25) is 0 Å². The van der Waals surface area contributed by atoms with Crippen molar-refractivity contribution in [1.29, 1.82) is 0 Å². The molecule has 2 rings (SSSR count). The Labute approximate surface area is 143 Å². The van der Waals surface area contributed by atoms with E-state index in [1.54, 1.807) is 0 Å². The van der Waals surface area contributed by atoms with Crippen LogP contribution in [-0.2, 0) is 4.79 Å². The Balaban J connectivity index is 2.00. The molecule has 0 aliphatic heterocycles. The summed E-state index contributed by atoms with van der Waals surface area (Å²) in [6.45, 7) is 15.8. The Morgan fingerprint density at radius 2 is 1.83 bits per heavy atom. The zero-order chi connectivity index (χ0) is 17.4. The van der Waals surface area contributed by atoms with E-state index in [2.05, 4.69) is 59.9 Å². The van der Waals surface area contributed by atoms with Crippen LogP contribution in [0.15, 0.2) is 11.6 Å². The maximum atomic E-state index is 12.9. The third-order valence-corrected chi connectivity index (χ3v) is 6.54. The minimum Gasteiger partial charge on any atom is -0.353 e. The lowest BCUT2D eigenvalue weighted by Crippen LogP contribution is -2.55. The number of allylic oxidation sites excluding steroid dienone is 2. The van der Waals surface area contributed by atoms with Gasteiger partial charge in [-0.15, -0.1) is 0 Å². The van der Waals surface area contributed by atoms with E-state index >= 15 is 0 Å². The van der Waals surface area contributed by atoms with E-state index in [0.29, 0.717) is 29.7 Å². The van der Waals surface area contributed by atoms with Gasteiger partial charge in [0, 0.05) is 12.0 Å². The van der Waals surface area contributed by atoms with Crippen molar-refractivity contribution in [2.24, 2.45) is 35.0 Å². The van der Waals surface area contributed by atoms with Crippen LogP contribution < -0.4 is 5.32 Å². The van der Waals surface area contributed by atoms with Gasteiger partial charge >= 0.3 is 0 Å². The van der Waals surface area contributed by atoms with Crippen LogP contribution in [0.25, 0.3) is 0 Å². The first-order valence-electron chi connectivity index (χ1n) is 9.58. The summed E-state index contributed by atoms with van der Waals surface area (Å²) in [5, 5.41) is 3.45. The fourth-order valence-electron chi connectivity index (χ4n) is 4.74. The van der Waals surface area contributed by atoms with Gasteiger partial charge in [0.2, 0.25) is 5.91 Å². The molecule has 0 aromatic carbocycles. The summed E-state index contributed by atoms with van der Waals surface area (Å²) in [4.78, 5) is 12.9. The van der Waals surface area contributed by atoms with Crippen LogP contribution in [-0.4, -0.2) is 11.9 Å². The molecule has 0 heterocycles. The molecule has 5 atom stereocenters. The Bertz CT molecular complexity index is 458. The molecule has 2 aliphatic rings. The van der Waals surface area contributed by atoms with E-state index in [0.717, 1.165) is 18.8 Å². The molecular weight excluding hydrogens is 282 g/mol. The quantitative estimate of drug-likeness (QED) is 0.710. The molecule has 0 aromatic rings. The van der Waals surface area contributed by atoms with Crippen LogP contribution >= 0.6 is 0 Å². The zero-order valence-electron chi connectivity index (χ0n) is 16.3. The van der Waals surface area contributed by atoms with Gasteiger partial charge in [0.1, 0.15) is 0 Å². The summed E-state index contributed by atoms with van der Waals surface area (Å²) in [7, 11) is 0. The molecule has 2 nitrogen and oxygen atoms in total. The van der Waals surface area contributed by atoms with Gasteiger partial charge in [0.15, 0.2) is 0 Å². The molecule has 1 amide bonds. The molecule has 0 spiro atoms. The lowest BCUT2D eigenvalue weighted by atomic mass is 9.54. The van der Waals surface area contributed by atoms with Gasteiger partial charge < -0.3 is 5.32 Å². The van der Waals surface area contributed by atoms with Gasteiger partial charge in [-0.2, -0.15) is 0 Å². The Hall–Kier alpha value is -0.790. The monoisotopic (exact) mass is 319 g/mol. The second-order valence-electron chi connectivity index (χ2n) is 9.40. The summed E-state index contributed by atoms with van der Waals surface area (Å²) in [6.07, 6.45) is 7.09. The largest absolute Gasteiger partial charge is 0.353 e. The van der Waals surface area contributed by atoms with Crippen molar-refractivity contribution in [2.45, 2.75) is 80.2 Å². The molecule has 2 heteroatoms. The number of carbonyl (C=O) groups excluding carboxylic acids is 1. The maximum absolute atomic E-state index is 12.9. The smallest absolute Gasteiger partial charge is 0.223 e. The first-order chi connectivity index (χ1) is 10.6. The van der Waals surface area contributed by atoms with Crippen LogP contribution in [0.5, 0.6) is 0 Å². The molecule has 0 unspecified atom stereocenters. The zero-order valence-corrected chi connectivity index (χ0v) is 16.3. The number of carbonyl (C=O) groups is 1. The summed E-state index contributed by atoms with van der Waals surface area (Å²) in [5.74, 6) is 3.07. The lowest BCUT2D eigenvalue weighted by molar-refractivity contribution is -0.139. The van der Waals surface area contributed by atoms with Gasteiger partial charge in [0.05, 0.1) is 0 Å². The Morgan fingerprint density at radius 1 is 1.17 bits per heavy atom. The van der Waals surface area contributed by atoms with E-state index in [1.165, 1.54) is 18.4 Å². The van der Waals surface area contributed by atoms with Gasteiger partial charge in [0.25, 0.3) is 0 Å². The Kier molecular flexibility index (Phi) is 5.63. The van der Waals surface area contributed by atoms with Crippen LogP contribution in [0.3, 0.4) is 0 Å². The predicted octanol–water partition coefficient (Wildman–Crippen LogP) is 5.19. The van der Waals surface area contributed by atoms with E-state index < -0.39 is 0 Å². The molecule has 0 bridgehead atoms. The van der Waals surface area contributed by atoms with E-state index in [9.17, 15) is 4.79 Å². The standard InChI is InChI=1S/C21H37NO/c1-13(2)10-16-12-18(21(16,6)7)20(23)22-19-11-15(5)8-9-17(19)14(3)4/h10,14-19H,8-9,11-12H2,1-7H3,(H,22,23)/t15-,16-,17+,18-,19+/m1/s1. The Morgan fingerprint density at radius 3 is 2.35 bits per heavy atom. The molecule has 0 aromatic heterocycles. The molecular formula is C21H37NO. The van der Waals surface area contributed by atoms with Gasteiger partial charge in [-0.05, 0) is 62.2 Å². The van der Waals surface area contributed by atoms with E-state index in [1.807, 2.05) is 0 Å². The molecule has 132 valence electrons. The number of rotatable bonds is 4. The van der Waals surface area contributed by atoms with E-state index in [4.69, 9.17) is 0 Å². The minimum absolute atomic E-state index is 0.0922. The molecule has 2 saturated carbocycles. The van der Waals surface area contributed by atoms with Crippen molar-refractivity contribution in [3.63, 3.8) is 0 Å². The third kappa shape index (κ3) is 4.00. The highest BCUT2D eigenvalue weighted by molar-refractivity contribution is 5.81. The second kappa shape index (κ2) is 6.99. The topological polar surface area (TPSA) is 29.1 Å². The SMILES string of the molecule is CC(C)=C[C@@H]1C[C@H](C(=O)N[C@H]2C[C@H](C)CC[C@H]2C(C)C)C1(C)C. The summed E-state index contributed by atoms with van der Waals surface area (Å²) in [5.41, 5.74) is 1.46. The number of hydrogen-bond donors (Lipinski definition) is 1. The van der Waals surface area contributed by atoms with Gasteiger partial charge in [-0.3, -0.25) is 4.79 Å². The fourth-order valence-corrected chi connectivity index (χ4v) is 4.74. The first kappa shape index (κ1) is 18.5. The van der Waals surface area contributed by atoms with Crippen molar-refractivity contribution >= 4 is 5.91 Å². The number of amides is 1. The van der Waals surface area contributed by atoms with Gasteiger partial charge in [-0.25, -0.2) is 0 Å². The third-order valence-electron chi connectivity index (χ3n) is 6.54. The number of nitrogens with one attached hydrogen (secondary N) is 1. The predicted molar refractivity (Wildman–Crippen MR) is 98.1 cm³/mol. The first-order valence-corrected chi connectivity index (χ1v) is 9.58. The minimum atomic E-state index is 0.0922. The molecule has 0 radical (unpaired) electrons. The molecule has 2 fully saturated rings. The highest BCUT2D eigenvalue weighted by atomic mass is 16.2. The van der Waals surface area contributed by atoms with Crippen molar-refractivity contribution in [2.75, 3.05) is 0 Å². The number of hydrogen-bond acceptors (Lipinski definition) is 1. The van der Waals surface area contributed by atoms with E-state index in [-0.39, 0.29) is 11.3 Å². The van der Waals surface area contributed by atoms with Crippen molar-refractivity contribution < 1.29 is 4.79 Å².